The number of ketones is 1. The molecule has 2 heterocycles. The molecule has 0 unspecified atom stereocenters. The molecule has 0 amide bonds. The van der Waals surface area contributed by atoms with Crippen molar-refractivity contribution in [3.63, 3.8) is 0 Å². The number of carbonyl (C=O) groups is 2. The molecule has 0 bridgehead atoms. The fourth-order valence-electron chi connectivity index (χ4n) is 3.78. The molecule has 0 aliphatic carbocycles. The Morgan fingerprint density at radius 2 is 2.00 bits per heavy atom. The number of phenols is 1. The Morgan fingerprint density at radius 3 is 2.61 bits per heavy atom. The number of hydrogen-bond acceptors (Lipinski definition) is 6. The lowest BCUT2D eigenvalue weighted by Crippen LogP contribution is -2.32. The van der Waals surface area contributed by atoms with Gasteiger partial charge in [0.1, 0.15) is 22.7 Å². The van der Waals surface area contributed by atoms with Crippen LogP contribution in [0, 0.1) is 5.92 Å². The SMILES string of the molecule is CCC[C@@H]1CC(=O)Oc2c(C(=O)[C@@H](C)[C@@H](C)O)c(O)c3c(c21)OC(C)(C)C=C3. The van der Waals surface area contributed by atoms with E-state index < -0.39 is 29.4 Å². The first-order valence-electron chi connectivity index (χ1n) is 9.81. The number of fused-ring (bicyclic) bond motifs is 3. The molecule has 2 N–H and O–H groups in total. The molecule has 2 aliphatic heterocycles. The summed E-state index contributed by atoms with van der Waals surface area (Å²) in [7, 11) is 0. The van der Waals surface area contributed by atoms with Crippen LogP contribution in [-0.4, -0.2) is 33.7 Å². The topological polar surface area (TPSA) is 93.1 Å². The Bertz CT molecular complexity index is 849. The van der Waals surface area contributed by atoms with Crippen molar-refractivity contribution < 1.29 is 29.3 Å². The molecule has 6 heteroatoms. The van der Waals surface area contributed by atoms with E-state index in [0.29, 0.717) is 16.9 Å². The van der Waals surface area contributed by atoms with Gasteiger partial charge in [-0.1, -0.05) is 20.3 Å². The normalized spacial score (nSPS) is 21.8. The van der Waals surface area contributed by atoms with E-state index in [2.05, 4.69) is 0 Å². The molecule has 0 aromatic heterocycles. The molecule has 152 valence electrons. The first-order chi connectivity index (χ1) is 13.1. The minimum Gasteiger partial charge on any atom is -0.506 e. The van der Waals surface area contributed by atoms with E-state index in [-0.39, 0.29) is 29.4 Å². The van der Waals surface area contributed by atoms with Crippen LogP contribution in [0.15, 0.2) is 6.08 Å². The van der Waals surface area contributed by atoms with Gasteiger partial charge in [-0.3, -0.25) is 9.59 Å². The number of ether oxygens (including phenoxy) is 2. The Kier molecular flexibility index (Phi) is 5.28. The summed E-state index contributed by atoms with van der Waals surface area (Å²) in [6.45, 7) is 8.92. The number of aliphatic hydroxyl groups is 1. The minimum atomic E-state index is -0.907. The van der Waals surface area contributed by atoms with Gasteiger partial charge in [0.25, 0.3) is 0 Å². The minimum absolute atomic E-state index is 0.0516. The zero-order chi connectivity index (χ0) is 20.8. The number of esters is 1. The summed E-state index contributed by atoms with van der Waals surface area (Å²) in [5.74, 6) is -1.55. The highest BCUT2D eigenvalue weighted by atomic mass is 16.5. The van der Waals surface area contributed by atoms with Crippen LogP contribution in [0.5, 0.6) is 17.2 Å². The second-order valence-corrected chi connectivity index (χ2v) is 8.31. The molecule has 0 radical (unpaired) electrons. The van der Waals surface area contributed by atoms with Crippen LogP contribution in [0.4, 0.5) is 0 Å². The summed E-state index contributed by atoms with van der Waals surface area (Å²) in [5, 5.41) is 20.8. The van der Waals surface area contributed by atoms with Crippen molar-refractivity contribution in [2.75, 3.05) is 0 Å². The molecule has 3 rings (SSSR count). The first kappa shape index (κ1) is 20.4. The van der Waals surface area contributed by atoms with Gasteiger partial charge in [0, 0.05) is 17.4 Å². The predicted octanol–water partition coefficient (Wildman–Crippen LogP) is 3.97. The molecule has 1 aromatic carbocycles. The molecular formula is C22H28O6. The largest absolute Gasteiger partial charge is 0.506 e. The monoisotopic (exact) mass is 388 g/mol. The fourth-order valence-corrected chi connectivity index (χ4v) is 3.78. The fraction of sp³-hybridized carbons (Fsp3) is 0.545. The van der Waals surface area contributed by atoms with E-state index in [1.165, 1.54) is 6.92 Å². The van der Waals surface area contributed by atoms with Gasteiger partial charge in [-0.15, -0.1) is 0 Å². The third-order valence-corrected chi connectivity index (χ3v) is 5.53. The lowest BCUT2D eigenvalue weighted by Gasteiger charge is -2.35. The van der Waals surface area contributed by atoms with Crippen LogP contribution in [0.25, 0.3) is 6.08 Å². The van der Waals surface area contributed by atoms with Crippen molar-refractivity contribution >= 4 is 17.8 Å². The number of carbonyl (C=O) groups excluding carboxylic acids is 2. The third kappa shape index (κ3) is 3.41. The van der Waals surface area contributed by atoms with Crippen molar-refractivity contribution in [3.05, 3.63) is 22.8 Å². The van der Waals surface area contributed by atoms with Crippen molar-refractivity contribution in [1.82, 2.24) is 0 Å². The zero-order valence-electron chi connectivity index (χ0n) is 17.0. The van der Waals surface area contributed by atoms with Crippen LogP contribution < -0.4 is 9.47 Å². The first-order valence-corrected chi connectivity index (χ1v) is 9.81. The van der Waals surface area contributed by atoms with Crippen molar-refractivity contribution in [1.29, 1.82) is 0 Å². The maximum atomic E-state index is 13.1. The molecule has 3 atom stereocenters. The van der Waals surface area contributed by atoms with Gasteiger partial charge >= 0.3 is 5.97 Å². The average Bonchev–Trinajstić information content (AvgIpc) is 2.59. The summed E-state index contributed by atoms with van der Waals surface area (Å²) in [5.41, 5.74) is 0.430. The Labute approximate surface area is 165 Å². The number of hydrogen-bond donors (Lipinski definition) is 2. The van der Waals surface area contributed by atoms with E-state index >= 15 is 0 Å². The smallest absolute Gasteiger partial charge is 0.311 e. The summed E-state index contributed by atoms with van der Waals surface area (Å²) in [4.78, 5) is 25.4. The van der Waals surface area contributed by atoms with E-state index in [0.717, 1.165) is 12.8 Å². The average molecular weight is 388 g/mol. The van der Waals surface area contributed by atoms with Crippen molar-refractivity contribution in [2.24, 2.45) is 5.92 Å². The quantitative estimate of drug-likeness (QED) is 0.450. The van der Waals surface area contributed by atoms with Crippen LogP contribution in [0.3, 0.4) is 0 Å². The molecule has 0 fully saturated rings. The number of phenolic OH excluding ortho intramolecular Hbond substituents is 1. The van der Waals surface area contributed by atoms with Crippen LogP contribution >= 0.6 is 0 Å². The number of Topliss-reactive ketones (excluding diaryl/α,β-unsaturated/α-hetero) is 1. The van der Waals surface area contributed by atoms with Gasteiger partial charge in [0.2, 0.25) is 0 Å². The van der Waals surface area contributed by atoms with E-state index in [9.17, 15) is 19.8 Å². The summed E-state index contributed by atoms with van der Waals surface area (Å²) in [6, 6.07) is 0. The van der Waals surface area contributed by atoms with Crippen LogP contribution in [0.2, 0.25) is 0 Å². The molecule has 0 spiro atoms. The van der Waals surface area contributed by atoms with Gasteiger partial charge in [-0.2, -0.15) is 0 Å². The molecule has 2 aliphatic rings. The summed E-state index contributed by atoms with van der Waals surface area (Å²) in [6.07, 6.45) is 4.43. The van der Waals surface area contributed by atoms with Crippen LogP contribution in [-0.2, 0) is 4.79 Å². The second kappa shape index (κ2) is 7.24. The Hall–Kier alpha value is -2.34. The predicted molar refractivity (Wildman–Crippen MR) is 105 cm³/mol. The zero-order valence-corrected chi connectivity index (χ0v) is 17.0. The van der Waals surface area contributed by atoms with E-state index in [1.807, 2.05) is 26.8 Å². The highest BCUT2D eigenvalue weighted by Gasteiger charge is 2.41. The molecule has 1 aromatic rings. The van der Waals surface area contributed by atoms with Gasteiger partial charge in [0.15, 0.2) is 11.5 Å². The standard InChI is InChI=1S/C22H28O6/c1-6-7-13-10-15(24)27-21-16(13)20-14(8-9-22(4,5)28-20)19(26)17(21)18(25)11(2)12(3)23/h8-9,11-13,23,26H,6-7,10H2,1-5H3/t11-,12+,13+/m0/s1. The number of aromatic hydroxyl groups is 1. The lowest BCUT2D eigenvalue weighted by molar-refractivity contribution is -0.136. The summed E-state index contributed by atoms with van der Waals surface area (Å²) >= 11 is 0. The number of rotatable bonds is 5. The highest BCUT2D eigenvalue weighted by Crippen LogP contribution is 2.53. The van der Waals surface area contributed by atoms with E-state index in [1.54, 1.807) is 13.0 Å². The third-order valence-electron chi connectivity index (χ3n) is 5.53. The van der Waals surface area contributed by atoms with Crippen molar-refractivity contribution in [2.45, 2.75) is 71.5 Å². The maximum Gasteiger partial charge on any atom is 0.311 e. The van der Waals surface area contributed by atoms with Gasteiger partial charge in [-0.25, -0.2) is 0 Å². The summed E-state index contributed by atoms with van der Waals surface area (Å²) < 4.78 is 11.7. The van der Waals surface area contributed by atoms with Gasteiger partial charge < -0.3 is 19.7 Å². The number of aliphatic hydroxyl groups excluding tert-OH is 1. The lowest BCUT2D eigenvalue weighted by atomic mass is 9.81. The van der Waals surface area contributed by atoms with Gasteiger partial charge in [-0.05, 0) is 39.3 Å². The van der Waals surface area contributed by atoms with Gasteiger partial charge in [0.05, 0.1) is 18.1 Å². The van der Waals surface area contributed by atoms with Crippen LogP contribution in [0.1, 0.15) is 81.3 Å². The highest BCUT2D eigenvalue weighted by molar-refractivity contribution is 6.06. The molecule has 0 saturated heterocycles. The Balaban J connectivity index is 2.32. The molecule has 28 heavy (non-hydrogen) atoms. The molecule has 6 nitrogen and oxygen atoms in total. The van der Waals surface area contributed by atoms with E-state index in [4.69, 9.17) is 9.47 Å². The number of benzene rings is 1. The maximum absolute atomic E-state index is 13.1. The molecular weight excluding hydrogens is 360 g/mol. The second-order valence-electron chi connectivity index (χ2n) is 8.31. The van der Waals surface area contributed by atoms with Crippen molar-refractivity contribution in [3.8, 4) is 17.2 Å². The molecule has 0 saturated carbocycles. The Morgan fingerprint density at radius 1 is 1.32 bits per heavy atom.